The van der Waals surface area contributed by atoms with Gasteiger partial charge in [-0.15, -0.1) is 0 Å². The second-order valence-electron chi connectivity index (χ2n) is 8.82. The maximum absolute atomic E-state index is 13.2. The van der Waals surface area contributed by atoms with Gasteiger partial charge in [0.05, 0.1) is 35.2 Å². The van der Waals surface area contributed by atoms with E-state index in [1.807, 2.05) is 29.2 Å². The van der Waals surface area contributed by atoms with Crippen molar-refractivity contribution in [3.8, 4) is 0 Å². The molecular weight excluding hydrogens is 514 g/mol. The van der Waals surface area contributed by atoms with Crippen molar-refractivity contribution in [2.45, 2.75) is 0 Å². The second kappa shape index (κ2) is 10.8. The first kappa shape index (κ1) is 24.4. The molecule has 0 unspecified atom stereocenters. The van der Waals surface area contributed by atoms with Gasteiger partial charge in [0.1, 0.15) is 16.6 Å². The van der Waals surface area contributed by atoms with Crippen LogP contribution in [0.3, 0.4) is 0 Å². The highest BCUT2D eigenvalue weighted by Crippen LogP contribution is 2.26. The minimum Gasteiger partial charge on any atom is -0.352 e. The van der Waals surface area contributed by atoms with E-state index in [1.54, 1.807) is 49.1 Å². The van der Waals surface area contributed by atoms with Crippen molar-refractivity contribution >= 4 is 56.7 Å². The van der Waals surface area contributed by atoms with Crippen molar-refractivity contribution in [2.75, 3.05) is 41.7 Å². The van der Waals surface area contributed by atoms with E-state index >= 15 is 0 Å². The predicted octanol–water partition coefficient (Wildman–Crippen LogP) is 3.83. The van der Waals surface area contributed by atoms with Gasteiger partial charge < -0.3 is 20.4 Å². The Labute approximate surface area is 227 Å². The monoisotopic (exact) mass is 537 g/mol. The standard InChI is InChI=1S/C27H23N9O2S/c37-25(20-15-31-39-26(20)34-23-16-30-21-6-1-2-7-22(21)33-23)32-19-5-3-4-18(14-19)27(38)36-12-10-35(11-13-36)24-17-28-8-9-29-24/h1-9,14-17H,10-13H2,(H,32,37)(H,33,34). The summed E-state index contributed by atoms with van der Waals surface area (Å²) >= 11 is 1.15. The molecule has 0 spiro atoms. The molecule has 2 N–H and O–H groups in total. The van der Waals surface area contributed by atoms with Crippen molar-refractivity contribution in [1.29, 1.82) is 0 Å². The number of hydrogen-bond donors (Lipinski definition) is 2. The third-order valence-electron chi connectivity index (χ3n) is 6.31. The van der Waals surface area contributed by atoms with Gasteiger partial charge in [-0.3, -0.25) is 19.6 Å². The quantitative estimate of drug-likeness (QED) is 0.332. The first-order chi connectivity index (χ1) is 19.1. The number of hydrogen-bond acceptors (Lipinski definition) is 10. The molecule has 0 saturated carbocycles. The SMILES string of the molecule is O=C(Nc1cccc(C(=O)N2CCN(c3cnccn3)CC2)c1)c1cnsc1Nc1cnc2ccccc2n1. The average Bonchev–Trinajstić information content (AvgIpc) is 3.46. The Bertz CT molecular complexity index is 1630. The Morgan fingerprint density at radius 2 is 1.72 bits per heavy atom. The summed E-state index contributed by atoms with van der Waals surface area (Å²) in [6.45, 7) is 2.48. The molecule has 12 heteroatoms. The van der Waals surface area contributed by atoms with Crippen molar-refractivity contribution in [3.63, 3.8) is 0 Å². The van der Waals surface area contributed by atoms with Crippen LogP contribution < -0.4 is 15.5 Å². The molecule has 2 amide bonds. The smallest absolute Gasteiger partial charge is 0.260 e. The van der Waals surface area contributed by atoms with E-state index in [-0.39, 0.29) is 11.8 Å². The molecule has 11 nitrogen and oxygen atoms in total. The van der Waals surface area contributed by atoms with Gasteiger partial charge in [-0.2, -0.15) is 4.37 Å². The number of nitrogens with zero attached hydrogens (tertiary/aromatic N) is 7. The lowest BCUT2D eigenvalue weighted by molar-refractivity contribution is 0.0746. The molecule has 1 saturated heterocycles. The van der Waals surface area contributed by atoms with E-state index in [4.69, 9.17) is 0 Å². The van der Waals surface area contributed by atoms with Crippen LogP contribution in [0.2, 0.25) is 0 Å². The molecule has 0 radical (unpaired) electrons. The molecule has 0 aliphatic carbocycles. The van der Waals surface area contributed by atoms with E-state index in [0.717, 1.165) is 28.4 Å². The largest absolute Gasteiger partial charge is 0.352 e. The van der Waals surface area contributed by atoms with Gasteiger partial charge in [-0.1, -0.05) is 18.2 Å². The van der Waals surface area contributed by atoms with Gasteiger partial charge in [-0.25, -0.2) is 9.97 Å². The Kier molecular flexibility index (Phi) is 6.75. The number of benzene rings is 2. The summed E-state index contributed by atoms with van der Waals surface area (Å²) in [5.41, 5.74) is 2.93. The Morgan fingerprint density at radius 1 is 0.872 bits per heavy atom. The first-order valence-corrected chi connectivity index (χ1v) is 13.1. The van der Waals surface area contributed by atoms with Gasteiger partial charge in [-0.05, 0) is 41.9 Å². The Morgan fingerprint density at radius 3 is 2.54 bits per heavy atom. The molecule has 1 fully saturated rings. The van der Waals surface area contributed by atoms with Crippen LogP contribution in [0.15, 0.2) is 79.5 Å². The van der Waals surface area contributed by atoms with Crippen LogP contribution in [0, 0.1) is 0 Å². The molecule has 1 aliphatic rings. The van der Waals surface area contributed by atoms with Crippen LogP contribution >= 0.6 is 11.5 Å². The van der Waals surface area contributed by atoms with E-state index < -0.39 is 0 Å². The highest BCUT2D eigenvalue weighted by Gasteiger charge is 2.23. The number of fused-ring (bicyclic) bond motifs is 1. The number of carbonyl (C=O) groups is 2. The summed E-state index contributed by atoms with van der Waals surface area (Å²) in [6, 6.07) is 14.5. The van der Waals surface area contributed by atoms with Gasteiger partial charge in [0.25, 0.3) is 11.8 Å². The molecule has 0 bridgehead atoms. The fourth-order valence-corrected chi connectivity index (χ4v) is 4.99. The molecule has 2 aromatic carbocycles. The average molecular weight is 538 g/mol. The fourth-order valence-electron chi connectivity index (χ4n) is 4.33. The predicted molar refractivity (Wildman–Crippen MR) is 149 cm³/mol. The van der Waals surface area contributed by atoms with Gasteiger partial charge in [0.2, 0.25) is 0 Å². The number of carbonyl (C=O) groups excluding carboxylic acids is 2. The molecule has 4 heterocycles. The number of anilines is 4. The topological polar surface area (TPSA) is 129 Å². The normalized spacial score (nSPS) is 13.3. The van der Waals surface area contributed by atoms with Crippen molar-refractivity contribution < 1.29 is 9.59 Å². The van der Waals surface area contributed by atoms with E-state index in [9.17, 15) is 9.59 Å². The van der Waals surface area contributed by atoms with Crippen LogP contribution in [0.25, 0.3) is 11.0 Å². The van der Waals surface area contributed by atoms with Crippen LogP contribution in [0.1, 0.15) is 20.7 Å². The third-order valence-corrected chi connectivity index (χ3v) is 7.03. The maximum atomic E-state index is 13.2. The summed E-state index contributed by atoms with van der Waals surface area (Å²) in [7, 11) is 0. The Balaban J connectivity index is 1.11. The zero-order valence-electron chi connectivity index (χ0n) is 20.7. The molecule has 1 aliphatic heterocycles. The lowest BCUT2D eigenvalue weighted by Crippen LogP contribution is -2.49. The highest BCUT2D eigenvalue weighted by molar-refractivity contribution is 7.10. The van der Waals surface area contributed by atoms with Crippen molar-refractivity contribution in [1.82, 2.24) is 29.2 Å². The van der Waals surface area contributed by atoms with Crippen LogP contribution in [0.4, 0.5) is 22.3 Å². The number of amides is 2. The van der Waals surface area contributed by atoms with Crippen LogP contribution in [-0.2, 0) is 0 Å². The van der Waals surface area contributed by atoms with Crippen molar-refractivity contribution in [3.05, 3.63) is 90.6 Å². The molecule has 194 valence electrons. The molecule has 5 aromatic rings. The zero-order valence-corrected chi connectivity index (χ0v) is 21.5. The van der Waals surface area contributed by atoms with Crippen LogP contribution in [-0.4, -0.2) is 67.2 Å². The van der Waals surface area contributed by atoms with Gasteiger partial charge >= 0.3 is 0 Å². The molecule has 0 atom stereocenters. The zero-order chi connectivity index (χ0) is 26.6. The van der Waals surface area contributed by atoms with Crippen LogP contribution in [0.5, 0.6) is 0 Å². The second-order valence-corrected chi connectivity index (χ2v) is 9.62. The lowest BCUT2D eigenvalue weighted by atomic mass is 10.1. The van der Waals surface area contributed by atoms with Crippen molar-refractivity contribution in [2.24, 2.45) is 0 Å². The summed E-state index contributed by atoms with van der Waals surface area (Å²) in [4.78, 5) is 47.6. The number of rotatable bonds is 6. The lowest BCUT2D eigenvalue weighted by Gasteiger charge is -2.35. The summed E-state index contributed by atoms with van der Waals surface area (Å²) < 4.78 is 4.18. The van der Waals surface area contributed by atoms with E-state index in [2.05, 4.69) is 39.8 Å². The van der Waals surface area contributed by atoms with E-state index in [1.165, 1.54) is 6.20 Å². The fraction of sp³-hybridized carbons (Fsp3) is 0.148. The first-order valence-electron chi connectivity index (χ1n) is 12.3. The number of piperazine rings is 1. The van der Waals surface area contributed by atoms with E-state index in [0.29, 0.717) is 53.8 Å². The van der Waals surface area contributed by atoms with Gasteiger partial charge in [0.15, 0.2) is 0 Å². The molecule has 39 heavy (non-hydrogen) atoms. The van der Waals surface area contributed by atoms with Gasteiger partial charge in [0, 0.05) is 49.8 Å². The molecule has 6 rings (SSSR count). The number of nitrogens with one attached hydrogen (secondary N) is 2. The minimum absolute atomic E-state index is 0.0840. The number of aromatic nitrogens is 5. The maximum Gasteiger partial charge on any atom is 0.260 e. The summed E-state index contributed by atoms with van der Waals surface area (Å²) in [5, 5.41) is 6.58. The Hall–Kier alpha value is -4.97. The molecular formula is C27H23N9O2S. The third kappa shape index (κ3) is 5.36. The molecule has 3 aromatic heterocycles. The summed E-state index contributed by atoms with van der Waals surface area (Å²) in [6.07, 6.45) is 8.15. The highest BCUT2D eigenvalue weighted by atomic mass is 32.1. The number of para-hydroxylation sites is 2. The minimum atomic E-state index is -0.345. The summed E-state index contributed by atoms with van der Waals surface area (Å²) in [5.74, 6) is 0.888.